The van der Waals surface area contributed by atoms with Gasteiger partial charge in [-0.3, -0.25) is 19.3 Å². The van der Waals surface area contributed by atoms with Crippen molar-refractivity contribution in [3.05, 3.63) is 53.1 Å². The molecule has 1 unspecified atom stereocenters. The number of nitrogens with one attached hydrogen (secondary N) is 1. The van der Waals surface area contributed by atoms with Gasteiger partial charge in [-0.1, -0.05) is 19.0 Å². The van der Waals surface area contributed by atoms with E-state index in [4.69, 9.17) is 31.4 Å². The Labute approximate surface area is 221 Å². The first-order valence-corrected chi connectivity index (χ1v) is 11.0. The summed E-state index contributed by atoms with van der Waals surface area (Å²) in [6.07, 6.45) is -4.96. The number of benzene rings is 2. The first kappa shape index (κ1) is 11.4. The molecule has 1 aliphatic heterocycles. The van der Waals surface area contributed by atoms with Gasteiger partial charge in [0.25, 0.3) is 11.8 Å². The van der Waals surface area contributed by atoms with Crippen LogP contribution in [0.3, 0.4) is 0 Å². The molecule has 1 heterocycles. The van der Waals surface area contributed by atoms with Crippen LogP contribution in [0.2, 0.25) is 0 Å². The van der Waals surface area contributed by atoms with Gasteiger partial charge >= 0.3 is 0 Å². The average Bonchev–Trinajstić information content (AvgIpc) is 3.15. The third-order valence-corrected chi connectivity index (χ3v) is 5.41. The number of sulfone groups is 1. The Bertz CT molecular complexity index is 1780. The predicted molar refractivity (Wildman–Crippen MR) is 127 cm³/mol. The molecule has 0 radical (unpaired) electrons. The normalized spacial score (nSPS) is 23.4. The highest BCUT2D eigenvalue weighted by atomic mass is 32.2. The zero-order valence-electron chi connectivity index (χ0n) is 33.2. The lowest BCUT2D eigenvalue weighted by atomic mass is 10.1. The molecular formula is C24H28N2O7S. The molecule has 0 aliphatic carbocycles. The summed E-state index contributed by atoms with van der Waals surface area (Å²) in [7, 11) is -5.24. The van der Waals surface area contributed by atoms with Crippen molar-refractivity contribution in [1.29, 1.82) is 0 Å². The summed E-state index contributed by atoms with van der Waals surface area (Å²) in [5.74, 6) is -7.48. The number of carbonyl (C=O) groups excluding carboxylic acids is 3. The number of hydrogen-bond donors (Lipinski definition) is 1. The Hall–Kier alpha value is -3.40. The van der Waals surface area contributed by atoms with E-state index in [-0.39, 0.29) is 4.90 Å². The highest BCUT2D eigenvalue weighted by Crippen LogP contribution is 2.38. The van der Waals surface area contributed by atoms with Crippen molar-refractivity contribution in [2.45, 2.75) is 33.0 Å². The molecule has 182 valence electrons. The van der Waals surface area contributed by atoms with Crippen LogP contribution in [0.5, 0.6) is 11.5 Å². The molecule has 0 saturated carbocycles. The molecule has 34 heavy (non-hydrogen) atoms. The first-order valence-electron chi connectivity index (χ1n) is 17.3. The van der Waals surface area contributed by atoms with Crippen molar-refractivity contribution in [3.8, 4) is 11.5 Å². The summed E-state index contributed by atoms with van der Waals surface area (Å²) < 4.78 is 157. The maximum absolute atomic E-state index is 13.8. The number of fused-ring (bicyclic) bond motifs is 1. The molecule has 2 aromatic carbocycles. The molecule has 1 atom stereocenters. The van der Waals surface area contributed by atoms with Gasteiger partial charge in [-0.15, -0.1) is 0 Å². The summed E-state index contributed by atoms with van der Waals surface area (Å²) in [5.41, 5.74) is -2.07. The standard InChI is InChI=1S/C24H28N2O7S/c1-5-12-33-20-11-10-16(13-21(20)32-6-2)19(14-34(4,30)31)26-23(28)17-8-7-9-18(25-15(3)27)22(17)24(26)29/h7-11,13,19H,5-6,12,14H2,1-4H3,(H,25,27)/i1D3,2D3,3D3,4D3,6D2,12D2. The van der Waals surface area contributed by atoms with Crippen LogP contribution in [-0.4, -0.2) is 56.1 Å². The molecule has 3 rings (SSSR count). The molecule has 0 aromatic heterocycles. The Morgan fingerprint density at radius 2 is 2.00 bits per heavy atom. The van der Waals surface area contributed by atoms with Crippen molar-refractivity contribution in [2.75, 3.05) is 30.4 Å². The fourth-order valence-corrected chi connectivity index (χ4v) is 4.16. The molecule has 9 nitrogen and oxygen atoms in total. The number of amides is 3. The lowest BCUT2D eigenvalue weighted by Crippen LogP contribution is -2.37. The maximum Gasteiger partial charge on any atom is 0.264 e. The predicted octanol–water partition coefficient (Wildman–Crippen LogP) is 3.21. The minimum Gasteiger partial charge on any atom is -0.490 e. The van der Waals surface area contributed by atoms with E-state index in [2.05, 4.69) is 0 Å². The van der Waals surface area contributed by atoms with E-state index in [1.807, 2.05) is 5.32 Å². The van der Waals surface area contributed by atoms with Gasteiger partial charge in [-0.2, -0.15) is 0 Å². The number of imide groups is 1. The molecule has 1 aliphatic rings. The lowest BCUT2D eigenvalue weighted by molar-refractivity contribution is -0.114. The number of carbonyl (C=O) groups is 3. The van der Waals surface area contributed by atoms with Crippen LogP contribution in [0.1, 0.15) is 81.2 Å². The van der Waals surface area contributed by atoms with Gasteiger partial charge in [0.1, 0.15) is 9.84 Å². The van der Waals surface area contributed by atoms with E-state index in [9.17, 15) is 22.8 Å². The molecule has 3 amide bonds. The van der Waals surface area contributed by atoms with Crippen LogP contribution in [-0.2, 0) is 14.6 Å². The van der Waals surface area contributed by atoms with Gasteiger partial charge in [0, 0.05) is 29.5 Å². The second-order valence-electron chi connectivity index (χ2n) is 6.79. The van der Waals surface area contributed by atoms with Crippen molar-refractivity contribution < 1.29 is 54.2 Å². The first-order chi connectivity index (χ1) is 22.3. The van der Waals surface area contributed by atoms with Crippen LogP contribution in [0, 0.1) is 0 Å². The van der Waals surface area contributed by atoms with E-state index in [1.165, 1.54) is 0 Å². The summed E-state index contributed by atoms with van der Waals surface area (Å²) in [4.78, 5) is 40.0. The Morgan fingerprint density at radius 3 is 2.74 bits per heavy atom. The molecule has 0 saturated heterocycles. The van der Waals surface area contributed by atoms with Gasteiger partial charge in [0.2, 0.25) is 5.91 Å². The number of hydrogen-bond acceptors (Lipinski definition) is 7. The van der Waals surface area contributed by atoms with Crippen molar-refractivity contribution in [1.82, 2.24) is 4.90 Å². The van der Waals surface area contributed by atoms with Crippen LogP contribution in [0.25, 0.3) is 0 Å². The van der Waals surface area contributed by atoms with Crippen LogP contribution >= 0.6 is 0 Å². The van der Waals surface area contributed by atoms with Gasteiger partial charge in [-0.25, -0.2) is 8.42 Å². The smallest absolute Gasteiger partial charge is 0.264 e. The van der Waals surface area contributed by atoms with Gasteiger partial charge in [0.05, 0.1) is 47.2 Å². The zero-order valence-corrected chi connectivity index (χ0v) is 18.0. The fourth-order valence-electron chi connectivity index (χ4n) is 3.41. The summed E-state index contributed by atoms with van der Waals surface area (Å²) >= 11 is 0. The molecule has 0 spiro atoms. The van der Waals surface area contributed by atoms with E-state index < -0.39 is 120 Å². The van der Waals surface area contributed by atoms with Crippen LogP contribution in [0.4, 0.5) is 5.69 Å². The fraction of sp³-hybridized carbons (Fsp3) is 0.375. The topological polar surface area (TPSA) is 119 Å². The second kappa shape index (κ2) is 10.3. The summed E-state index contributed by atoms with van der Waals surface area (Å²) in [6.45, 7) is -16.2. The summed E-state index contributed by atoms with van der Waals surface area (Å²) in [6, 6.07) is 3.43. The highest BCUT2D eigenvalue weighted by Gasteiger charge is 2.43. The van der Waals surface area contributed by atoms with E-state index >= 15 is 0 Å². The van der Waals surface area contributed by atoms with Gasteiger partial charge in [-0.05, 0) is 43.1 Å². The zero-order chi connectivity index (χ0) is 38.6. The van der Waals surface area contributed by atoms with Crippen molar-refractivity contribution in [2.24, 2.45) is 0 Å². The van der Waals surface area contributed by atoms with E-state index in [0.717, 1.165) is 30.3 Å². The Morgan fingerprint density at radius 1 is 1.15 bits per heavy atom. The number of rotatable bonds is 10. The molecule has 2 aromatic rings. The largest absolute Gasteiger partial charge is 0.490 e. The molecule has 1 N–H and O–H groups in total. The second-order valence-corrected chi connectivity index (χ2v) is 8.36. The third-order valence-electron chi connectivity index (χ3n) is 4.65. The Balaban J connectivity index is 2.27. The number of ether oxygens (including phenoxy) is 2. The van der Waals surface area contributed by atoms with Crippen LogP contribution in [0.15, 0.2) is 36.4 Å². The maximum atomic E-state index is 13.8. The third kappa shape index (κ3) is 5.39. The Kier molecular flexibility index (Phi) is 3.42. The lowest BCUT2D eigenvalue weighted by Gasteiger charge is -2.27. The van der Waals surface area contributed by atoms with Gasteiger partial charge < -0.3 is 14.8 Å². The minimum atomic E-state index is -5.24. The van der Waals surface area contributed by atoms with Crippen LogP contribution < -0.4 is 14.8 Å². The SMILES string of the molecule is [2H]C([2H])([2H])CC([2H])([2H])Oc1ccc(C(CS(=O)(=O)C([2H])([2H])[2H])N2C(=O)c3cccc(NC(=O)C([2H])([2H])[2H])c3C2=O)cc1OC([2H])([2H])C([2H])([2H])[2H]. The highest BCUT2D eigenvalue weighted by molar-refractivity contribution is 7.90. The van der Waals surface area contributed by atoms with Crippen molar-refractivity contribution in [3.63, 3.8) is 0 Å². The van der Waals surface area contributed by atoms with E-state index in [1.54, 1.807) is 0 Å². The van der Waals surface area contributed by atoms with E-state index in [0.29, 0.717) is 6.07 Å². The quantitative estimate of drug-likeness (QED) is 0.494. The van der Waals surface area contributed by atoms with Crippen molar-refractivity contribution >= 4 is 33.2 Å². The molecule has 0 fully saturated rings. The number of nitrogens with zero attached hydrogens (tertiary/aromatic N) is 1. The summed E-state index contributed by atoms with van der Waals surface area (Å²) in [5, 5.41) is 1.98. The molecular weight excluding hydrogens is 460 g/mol. The average molecular weight is 505 g/mol. The minimum absolute atomic E-state index is 0.269. The van der Waals surface area contributed by atoms with Gasteiger partial charge in [0.15, 0.2) is 11.5 Å². The molecule has 10 heteroatoms. The molecule has 0 bridgehead atoms. The monoisotopic (exact) mass is 504 g/mol. The number of anilines is 1.